The van der Waals surface area contributed by atoms with Gasteiger partial charge in [-0.15, -0.1) is 0 Å². The van der Waals surface area contributed by atoms with Crippen LogP contribution < -0.4 is 10.3 Å². The van der Waals surface area contributed by atoms with Gasteiger partial charge in [-0.05, 0) is 153 Å². The molecular weight excluding hydrogens is 1390 g/mol. The summed E-state index contributed by atoms with van der Waals surface area (Å²) >= 11 is 12.1. The molecule has 0 spiro atoms. The Morgan fingerprint density at radius 1 is 0.465 bits per heavy atom. The van der Waals surface area contributed by atoms with Gasteiger partial charge in [-0.3, -0.25) is 9.59 Å². The summed E-state index contributed by atoms with van der Waals surface area (Å²) in [6, 6.07) is 29.0. The van der Waals surface area contributed by atoms with Gasteiger partial charge in [0.15, 0.2) is 0 Å². The van der Waals surface area contributed by atoms with Crippen molar-refractivity contribution in [3.63, 3.8) is 0 Å². The van der Waals surface area contributed by atoms with Gasteiger partial charge in [0.2, 0.25) is 21.8 Å². The Morgan fingerprint density at radius 3 is 1.19 bits per heavy atom. The molecule has 0 fully saturated rings. The molecule has 10 heterocycles. The van der Waals surface area contributed by atoms with E-state index in [9.17, 15) is 43.6 Å². The van der Waals surface area contributed by atoms with Crippen molar-refractivity contribution in [3.05, 3.63) is 208 Å². The standard InChI is InChI=1S/C18H21FN2O2.C15H15ClN2O.C14H15ClN2O2S.C13H14FN3O2S.C13H15N3O2S/c1-12(2)23-11-18(22)21-7-5-13(6-8-21)16-10-20-17-9-14(19)3-4-15(16)17;1-10(19)18-6-4-11(5-7-18)14-9-17-15-3-2-12(16)8-13(14)15;1-20(18,19)17-6-4-10(5-7-17)13-9-16-14-3-2-11(15)8-12(13)14;14-10-1-2-11-12(8-16-13(11)7-10)9-3-5-17(6-4-9)20(15,18)19;14-19(17,18)16-7-5-10(6-8-16)12-9-15-13-4-2-1-3-11(12)13/h3-5,9-10,12,20H,6-8,11H2,1-2H3;2-4,8-9,17H,5-7H2,1H3;2-4,8-9,16H,5-7H2,1H3;1-3,7-8,16H,4-6H2,(H2,15,18,19);1-5,9,15H,6-8H2,(H2,14,17,18). The summed E-state index contributed by atoms with van der Waals surface area (Å²) < 4.78 is 104. The number of carbonyl (C=O) groups is 2. The average molecular weight is 1470 g/mol. The third kappa shape index (κ3) is 18.2. The van der Waals surface area contributed by atoms with Crippen molar-refractivity contribution in [3.8, 4) is 0 Å². The minimum Gasteiger partial charge on any atom is -0.369 e. The van der Waals surface area contributed by atoms with Crippen molar-refractivity contribution in [2.75, 3.05) is 78.3 Å². The van der Waals surface area contributed by atoms with E-state index in [4.69, 9.17) is 38.2 Å². The lowest BCUT2D eigenvalue weighted by Crippen LogP contribution is -2.39. The van der Waals surface area contributed by atoms with Crippen LogP contribution in [0.4, 0.5) is 8.78 Å². The topological polar surface area (TPSA) is 293 Å². The van der Waals surface area contributed by atoms with Crippen LogP contribution in [0.25, 0.3) is 82.4 Å². The van der Waals surface area contributed by atoms with E-state index in [1.54, 1.807) is 24.0 Å². The van der Waals surface area contributed by atoms with Gasteiger partial charge in [-0.2, -0.15) is 29.8 Å². The number of nitrogens with zero attached hydrogens (tertiary/aromatic N) is 5. The largest absolute Gasteiger partial charge is 0.369 e. The van der Waals surface area contributed by atoms with E-state index < -0.39 is 30.4 Å². The number of aromatic amines is 5. The summed E-state index contributed by atoms with van der Waals surface area (Å²) in [4.78, 5) is 42.9. The molecule has 9 N–H and O–H groups in total. The molecule has 21 nitrogen and oxygen atoms in total. The second kappa shape index (κ2) is 31.8. The van der Waals surface area contributed by atoms with Gasteiger partial charge in [0.05, 0.1) is 12.4 Å². The van der Waals surface area contributed by atoms with Crippen LogP contribution in [0.15, 0.2) is 158 Å². The van der Waals surface area contributed by atoms with E-state index in [0.29, 0.717) is 76.6 Å². The second-order valence-corrected chi connectivity index (χ2v) is 31.3. The van der Waals surface area contributed by atoms with Crippen molar-refractivity contribution in [1.29, 1.82) is 0 Å². The Bertz CT molecular complexity index is 5270. The highest BCUT2D eigenvalue weighted by Gasteiger charge is 2.26. The highest BCUT2D eigenvalue weighted by molar-refractivity contribution is 7.88. The van der Waals surface area contributed by atoms with Crippen molar-refractivity contribution in [1.82, 2.24) is 47.6 Å². The van der Waals surface area contributed by atoms with Crippen LogP contribution in [0.3, 0.4) is 0 Å². The number of amides is 2. The van der Waals surface area contributed by atoms with Crippen molar-refractivity contribution in [2.24, 2.45) is 10.3 Å². The van der Waals surface area contributed by atoms with Crippen molar-refractivity contribution < 1.29 is 48.4 Å². The lowest BCUT2D eigenvalue weighted by atomic mass is 9.99. The maximum Gasteiger partial charge on any atom is 0.277 e. The van der Waals surface area contributed by atoms with E-state index in [1.807, 2.05) is 123 Å². The number of aromatic nitrogens is 5. The fraction of sp³-hybridized carbons (Fsp3) is 0.288. The quantitative estimate of drug-likeness (QED) is 0.0647. The van der Waals surface area contributed by atoms with Crippen LogP contribution in [0.1, 0.15) is 80.7 Å². The van der Waals surface area contributed by atoms with E-state index in [-0.39, 0.29) is 42.7 Å². The smallest absolute Gasteiger partial charge is 0.277 e. The van der Waals surface area contributed by atoms with Gasteiger partial charge in [0.1, 0.15) is 18.2 Å². The molecule has 5 aliphatic heterocycles. The molecule has 5 aromatic heterocycles. The molecule has 532 valence electrons. The van der Waals surface area contributed by atoms with Crippen LogP contribution in [-0.2, 0) is 44.8 Å². The fourth-order valence-electron chi connectivity index (χ4n) is 12.9. The zero-order chi connectivity index (χ0) is 71.9. The molecule has 101 heavy (non-hydrogen) atoms. The van der Waals surface area contributed by atoms with E-state index >= 15 is 0 Å². The summed E-state index contributed by atoms with van der Waals surface area (Å²) in [5.74, 6) is -0.373. The number of halogens is 4. The molecule has 0 atom stereocenters. The molecule has 28 heteroatoms. The molecule has 2 amide bonds. The van der Waals surface area contributed by atoms with Crippen LogP contribution >= 0.6 is 23.2 Å². The summed E-state index contributed by atoms with van der Waals surface area (Å²) in [5, 5.41) is 17.0. The number of ether oxygens (including phenoxy) is 1. The number of nitrogens with one attached hydrogen (secondary N) is 5. The molecule has 15 rings (SSSR count). The molecule has 0 unspecified atom stereocenters. The number of para-hydroxylation sites is 1. The van der Waals surface area contributed by atoms with E-state index in [1.165, 1.54) is 65.7 Å². The number of sulfonamides is 1. The Kier molecular flexibility index (Phi) is 23.2. The van der Waals surface area contributed by atoms with E-state index in [0.717, 1.165) is 112 Å². The summed E-state index contributed by atoms with van der Waals surface area (Å²) in [6.07, 6.45) is 24.6. The van der Waals surface area contributed by atoms with Crippen LogP contribution in [0, 0.1) is 11.6 Å². The molecule has 0 saturated carbocycles. The zero-order valence-corrected chi connectivity index (χ0v) is 60.2. The minimum atomic E-state index is -3.63. The number of fused-ring (bicyclic) bond motifs is 5. The van der Waals surface area contributed by atoms with Gasteiger partial charge in [-0.25, -0.2) is 27.5 Å². The summed E-state index contributed by atoms with van der Waals surface area (Å²) in [7, 11) is -10.3. The first kappa shape index (κ1) is 73.7. The Labute approximate surface area is 595 Å². The van der Waals surface area contributed by atoms with Crippen molar-refractivity contribution in [2.45, 2.75) is 59.0 Å². The summed E-state index contributed by atoms with van der Waals surface area (Å²) in [6.45, 7) is 10.7. The average Bonchev–Trinajstić information content (AvgIpc) is 1.71. The number of H-pyrrole nitrogens is 5. The van der Waals surface area contributed by atoms with Crippen LogP contribution in [0.5, 0.6) is 0 Å². The second-order valence-electron chi connectivity index (χ2n) is 25.3. The lowest BCUT2D eigenvalue weighted by molar-refractivity contribution is -0.137. The number of carbonyl (C=O) groups excluding carboxylic acids is 2. The zero-order valence-electron chi connectivity index (χ0n) is 56.2. The molecule has 0 radical (unpaired) electrons. The predicted octanol–water partition coefficient (Wildman–Crippen LogP) is 12.7. The number of hydrogen-bond donors (Lipinski definition) is 7. The summed E-state index contributed by atoms with van der Waals surface area (Å²) in [5.41, 5.74) is 16.1. The van der Waals surface area contributed by atoms with E-state index in [2.05, 4.69) is 43.1 Å². The van der Waals surface area contributed by atoms with Gasteiger partial charge >= 0.3 is 0 Å². The number of nitrogens with two attached hydrogens (primary N) is 2. The highest BCUT2D eigenvalue weighted by Crippen LogP contribution is 2.36. The molecule has 0 aliphatic carbocycles. The lowest BCUT2D eigenvalue weighted by Gasteiger charge is -2.26. The van der Waals surface area contributed by atoms with Crippen molar-refractivity contribution >= 4 is 148 Å². The third-order valence-corrected chi connectivity index (χ3v) is 22.2. The van der Waals surface area contributed by atoms with Gasteiger partial charge in [-0.1, -0.05) is 71.8 Å². The number of hydrogen-bond acceptors (Lipinski definition) is 9. The Morgan fingerprint density at radius 2 is 0.822 bits per heavy atom. The van der Waals surface area contributed by atoms with Gasteiger partial charge in [0, 0.05) is 196 Å². The fourth-order valence-corrected chi connectivity index (χ4v) is 15.3. The molecule has 10 aromatic rings. The predicted molar refractivity (Wildman–Crippen MR) is 400 cm³/mol. The highest BCUT2D eigenvalue weighted by atomic mass is 35.5. The first-order valence-corrected chi connectivity index (χ1v) is 38.5. The first-order valence-electron chi connectivity index (χ1n) is 32.9. The van der Waals surface area contributed by atoms with Crippen LogP contribution in [-0.4, -0.2) is 169 Å². The molecule has 5 aromatic carbocycles. The number of rotatable bonds is 11. The Balaban J connectivity index is 0.000000127. The number of benzene rings is 5. The minimum absolute atomic E-state index is 0.0231. The molecule has 0 saturated heterocycles. The first-order chi connectivity index (χ1) is 48.1. The molecular formula is C73H80Cl2F2N12O9S3. The van der Waals surface area contributed by atoms with Crippen LogP contribution in [0.2, 0.25) is 10.0 Å². The maximum atomic E-state index is 13.3. The molecule has 5 aliphatic rings. The normalized spacial score (nSPS) is 16.6. The SMILES string of the molecule is CC(=O)N1CC=C(c2c[nH]c3ccc(Cl)cc23)CC1.CC(C)OCC(=O)N1CC=C(c2c[nH]c3cc(F)ccc23)CC1.CS(=O)(=O)N1CC=C(c2c[nH]c3ccc(Cl)cc23)CC1.NS(=O)(=O)N1CC=C(c2c[nH]c3cc(F)ccc23)CC1.NS(=O)(=O)N1CC=C(c2c[nH]c3ccccc23)CC1. The maximum absolute atomic E-state index is 13.3. The third-order valence-electron chi connectivity index (χ3n) is 18.4. The van der Waals surface area contributed by atoms with Gasteiger partial charge in [0.25, 0.3) is 20.4 Å². The Hall–Kier alpha value is -8.51. The van der Waals surface area contributed by atoms with Gasteiger partial charge < -0.3 is 39.5 Å². The monoisotopic (exact) mass is 1470 g/mol. The molecule has 0 bridgehead atoms.